The summed E-state index contributed by atoms with van der Waals surface area (Å²) in [6.45, 7) is 8.92. The zero-order chi connectivity index (χ0) is 13.3. The molecule has 0 amide bonds. The third-order valence-corrected chi connectivity index (χ3v) is 4.20. The van der Waals surface area contributed by atoms with Crippen LogP contribution in [-0.2, 0) is 5.41 Å². The highest BCUT2D eigenvalue weighted by molar-refractivity contribution is 5.45. The Morgan fingerprint density at radius 3 is 2.33 bits per heavy atom. The quantitative estimate of drug-likeness (QED) is 0.869. The summed E-state index contributed by atoms with van der Waals surface area (Å²) in [5, 5.41) is 4.34. The topological polar surface area (TPSA) is 52.0 Å². The summed E-state index contributed by atoms with van der Waals surface area (Å²) in [5.74, 6) is 1.59. The van der Waals surface area contributed by atoms with Crippen molar-refractivity contribution in [3.63, 3.8) is 0 Å². The first-order valence-corrected chi connectivity index (χ1v) is 7.22. The fourth-order valence-electron chi connectivity index (χ4n) is 3.62. The highest BCUT2D eigenvalue weighted by Gasteiger charge is 2.41. The second-order valence-corrected chi connectivity index (χ2v) is 6.55. The highest BCUT2D eigenvalue weighted by atomic mass is 16.5. The summed E-state index contributed by atoms with van der Waals surface area (Å²) in [6, 6.07) is 0. The van der Waals surface area contributed by atoms with Crippen molar-refractivity contribution in [3.8, 4) is 0 Å². The van der Waals surface area contributed by atoms with Crippen molar-refractivity contribution < 1.29 is 4.52 Å². The highest BCUT2D eigenvalue weighted by Crippen LogP contribution is 2.48. The number of hydrogen-bond donors (Lipinski definition) is 1. The molecule has 1 aromatic rings. The molecule has 0 aromatic carbocycles. The zero-order valence-electron chi connectivity index (χ0n) is 12.1. The lowest BCUT2D eigenvalue weighted by atomic mass is 9.73. The molecule has 1 aliphatic rings. The van der Waals surface area contributed by atoms with Gasteiger partial charge in [0.05, 0.1) is 5.69 Å². The van der Waals surface area contributed by atoms with Gasteiger partial charge in [-0.25, -0.2) is 0 Å². The van der Waals surface area contributed by atoms with Crippen LogP contribution in [0.3, 0.4) is 0 Å². The number of nitrogen functional groups attached to an aromatic ring is 1. The predicted molar refractivity (Wildman–Crippen MR) is 74.6 cm³/mol. The minimum absolute atomic E-state index is 0.217. The van der Waals surface area contributed by atoms with Gasteiger partial charge >= 0.3 is 0 Å². The van der Waals surface area contributed by atoms with Crippen LogP contribution in [0.2, 0.25) is 0 Å². The first-order chi connectivity index (χ1) is 8.46. The van der Waals surface area contributed by atoms with Crippen molar-refractivity contribution in [1.82, 2.24) is 5.16 Å². The maximum Gasteiger partial charge on any atom is 0.225 e. The standard InChI is InChI=1S/C15H26N2O/c1-10(2)9-15(7-5-6-8-15)13-12(11(3)4)14(16)18-17-13/h10-11H,5-9,16H2,1-4H3. The Balaban J connectivity index is 2.43. The molecule has 1 aromatic heterocycles. The van der Waals surface area contributed by atoms with E-state index in [9.17, 15) is 0 Å². The fourth-order valence-corrected chi connectivity index (χ4v) is 3.62. The molecule has 0 radical (unpaired) electrons. The van der Waals surface area contributed by atoms with Crippen LogP contribution >= 0.6 is 0 Å². The molecular weight excluding hydrogens is 224 g/mol. The molecule has 3 nitrogen and oxygen atoms in total. The van der Waals surface area contributed by atoms with Crippen LogP contribution in [0.5, 0.6) is 0 Å². The summed E-state index contributed by atoms with van der Waals surface area (Å²) in [6.07, 6.45) is 6.26. The monoisotopic (exact) mass is 250 g/mol. The fraction of sp³-hybridized carbons (Fsp3) is 0.800. The average Bonchev–Trinajstić information content (AvgIpc) is 2.84. The molecule has 18 heavy (non-hydrogen) atoms. The molecule has 2 N–H and O–H groups in total. The van der Waals surface area contributed by atoms with E-state index in [1.165, 1.54) is 32.1 Å². The Morgan fingerprint density at radius 1 is 1.22 bits per heavy atom. The predicted octanol–water partition coefficient (Wildman–Crippen LogP) is 4.24. The Labute approximate surface area is 110 Å². The lowest BCUT2D eigenvalue weighted by molar-refractivity contribution is 0.314. The summed E-state index contributed by atoms with van der Waals surface area (Å²) < 4.78 is 5.30. The first kappa shape index (κ1) is 13.4. The lowest BCUT2D eigenvalue weighted by Gasteiger charge is -2.30. The van der Waals surface area contributed by atoms with Crippen molar-refractivity contribution in [1.29, 1.82) is 0 Å². The van der Waals surface area contributed by atoms with Crippen molar-refractivity contribution in [2.24, 2.45) is 5.92 Å². The van der Waals surface area contributed by atoms with E-state index in [2.05, 4.69) is 32.9 Å². The van der Waals surface area contributed by atoms with Crippen molar-refractivity contribution >= 4 is 5.88 Å². The summed E-state index contributed by atoms with van der Waals surface area (Å²) in [4.78, 5) is 0. The molecule has 0 aliphatic heterocycles. The van der Waals surface area contributed by atoms with Gasteiger partial charge in [-0.05, 0) is 31.1 Å². The molecule has 1 aliphatic carbocycles. The van der Waals surface area contributed by atoms with E-state index in [1.54, 1.807) is 0 Å². The van der Waals surface area contributed by atoms with Crippen LogP contribution < -0.4 is 5.73 Å². The van der Waals surface area contributed by atoms with E-state index in [4.69, 9.17) is 10.3 Å². The van der Waals surface area contributed by atoms with Gasteiger partial charge < -0.3 is 10.3 Å². The Hall–Kier alpha value is -0.990. The number of hydrogen-bond acceptors (Lipinski definition) is 3. The maximum absolute atomic E-state index is 5.97. The van der Waals surface area contributed by atoms with E-state index < -0.39 is 0 Å². The van der Waals surface area contributed by atoms with Crippen LogP contribution in [-0.4, -0.2) is 5.16 Å². The Kier molecular flexibility index (Phi) is 3.69. The summed E-state index contributed by atoms with van der Waals surface area (Å²) >= 11 is 0. The molecule has 1 saturated carbocycles. The molecular formula is C15H26N2O. The van der Waals surface area contributed by atoms with E-state index in [-0.39, 0.29) is 5.41 Å². The smallest absolute Gasteiger partial charge is 0.225 e. The third-order valence-electron chi connectivity index (χ3n) is 4.20. The van der Waals surface area contributed by atoms with Crippen LogP contribution in [0.1, 0.15) is 77.0 Å². The van der Waals surface area contributed by atoms with Gasteiger partial charge in [-0.1, -0.05) is 45.7 Å². The van der Waals surface area contributed by atoms with Gasteiger partial charge in [-0.15, -0.1) is 0 Å². The Morgan fingerprint density at radius 2 is 1.83 bits per heavy atom. The lowest BCUT2D eigenvalue weighted by Crippen LogP contribution is -2.26. The molecule has 2 rings (SSSR count). The molecule has 1 fully saturated rings. The molecule has 0 atom stereocenters. The molecule has 102 valence electrons. The minimum atomic E-state index is 0.217. The molecule has 0 bridgehead atoms. The first-order valence-electron chi connectivity index (χ1n) is 7.22. The number of anilines is 1. The second-order valence-electron chi connectivity index (χ2n) is 6.55. The van der Waals surface area contributed by atoms with Gasteiger partial charge in [0, 0.05) is 11.0 Å². The van der Waals surface area contributed by atoms with Crippen LogP contribution in [0.25, 0.3) is 0 Å². The molecule has 0 unspecified atom stereocenters. The summed E-state index contributed by atoms with van der Waals surface area (Å²) in [7, 11) is 0. The van der Waals surface area contributed by atoms with E-state index >= 15 is 0 Å². The number of rotatable bonds is 4. The van der Waals surface area contributed by atoms with Crippen molar-refractivity contribution in [2.45, 2.75) is 71.1 Å². The van der Waals surface area contributed by atoms with Gasteiger partial charge in [0.2, 0.25) is 5.88 Å². The van der Waals surface area contributed by atoms with E-state index in [0.29, 0.717) is 17.7 Å². The molecule has 3 heteroatoms. The van der Waals surface area contributed by atoms with Crippen LogP contribution in [0.4, 0.5) is 5.88 Å². The maximum atomic E-state index is 5.97. The second kappa shape index (κ2) is 4.94. The van der Waals surface area contributed by atoms with Crippen LogP contribution in [0, 0.1) is 5.92 Å². The zero-order valence-corrected chi connectivity index (χ0v) is 12.1. The average molecular weight is 250 g/mol. The third kappa shape index (κ3) is 2.27. The van der Waals surface area contributed by atoms with Gasteiger partial charge in [0.25, 0.3) is 0 Å². The van der Waals surface area contributed by atoms with Gasteiger partial charge in [-0.3, -0.25) is 0 Å². The van der Waals surface area contributed by atoms with Crippen LogP contribution in [0.15, 0.2) is 4.52 Å². The normalized spacial score (nSPS) is 19.0. The van der Waals surface area contributed by atoms with Gasteiger partial charge in [0.1, 0.15) is 0 Å². The largest absolute Gasteiger partial charge is 0.367 e. The molecule has 0 saturated heterocycles. The van der Waals surface area contributed by atoms with Crippen molar-refractivity contribution in [2.75, 3.05) is 5.73 Å². The SMILES string of the molecule is CC(C)CC1(c2noc(N)c2C(C)C)CCCC1. The molecule has 1 heterocycles. The van der Waals surface area contributed by atoms with Crippen molar-refractivity contribution in [3.05, 3.63) is 11.3 Å². The number of aromatic nitrogens is 1. The van der Waals surface area contributed by atoms with E-state index in [0.717, 1.165) is 11.3 Å². The van der Waals surface area contributed by atoms with Gasteiger partial charge in [0.15, 0.2) is 0 Å². The molecule has 0 spiro atoms. The Bertz CT molecular complexity index is 401. The number of nitrogens with two attached hydrogens (primary N) is 1. The van der Waals surface area contributed by atoms with Gasteiger partial charge in [-0.2, -0.15) is 0 Å². The summed E-state index contributed by atoms with van der Waals surface area (Å²) in [5.41, 5.74) is 8.49. The number of nitrogens with zero attached hydrogens (tertiary/aromatic N) is 1. The minimum Gasteiger partial charge on any atom is -0.367 e. The van der Waals surface area contributed by atoms with E-state index in [1.807, 2.05) is 0 Å².